The van der Waals surface area contributed by atoms with Crippen molar-refractivity contribution in [1.29, 1.82) is 5.41 Å². The maximum Gasteiger partial charge on any atom is 0.335 e. The molecule has 0 saturated heterocycles. The number of halogens is 2. The molecule has 10 nitrogen and oxygen atoms in total. The highest BCUT2D eigenvalue weighted by atomic mass is 35.5. The van der Waals surface area contributed by atoms with Gasteiger partial charge in [-0.2, -0.15) is 0 Å². The van der Waals surface area contributed by atoms with Gasteiger partial charge in [-0.15, -0.1) is 12.4 Å². The van der Waals surface area contributed by atoms with Crippen molar-refractivity contribution in [2.75, 3.05) is 16.3 Å². The third-order valence-electron chi connectivity index (χ3n) is 4.13. The SMILES string of the molecule is COc1ccc(C(=O)O)cc1NS(=O)(=O)c1ccc2c(N(Cl)C(=N)N)cncc2c1.Cl. The van der Waals surface area contributed by atoms with Gasteiger partial charge in [0.25, 0.3) is 10.0 Å². The molecule has 0 amide bonds. The van der Waals surface area contributed by atoms with Crippen LogP contribution in [0.3, 0.4) is 0 Å². The molecule has 0 atom stereocenters. The monoisotopic (exact) mass is 485 g/mol. The summed E-state index contributed by atoms with van der Waals surface area (Å²) < 4.78 is 34.1. The Hall–Kier alpha value is -3.28. The molecule has 1 aromatic heterocycles. The highest BCUT2D eigenvalue weighted by Gasteiger charge is 2.20. The maximum absolute atomic E-state index is 12.9. The number of rotatable bonds is 6. The van der Waals surface area contributed by atoms with Gasteiger partial charge >= 0.3 is 5.97 Å². The van der Waals surface area contributed by atoms with Gasteiger partial charge in [0, 0.05) is 28.7 Å². The van der Waals surface area contributed by atoms with Gasteiger partial charge < -0.3 is 15.6 Å². The van der Waals surface area contributed by atoms with Gasteiger partial charge in [0.05, 0.1) is 35.1 Å². The fourth-order valence-electron chi connectivity index (χ4n) is 2.72. The van der Waals surface area contributed by atoms with Crippen LogP contribution in [0.5, 0.6) is 5.75 Å². The highest BCUT2D eigenvalue weighted by Crippen LogP contribution is 2.31. The number of carbonyl (C=O) groups is 1. The topological polar surface area (TPSA) is 159 Å². The fraction of sp³-hybridized carbons (Fsp3) is 0.0556. The molecule has 0 fully saturated rings. The van der Waals surface area contributed by atoms with E-state index in [1.165, 1.54) is 49.8 Å². The van der Waals surface area contributed by atoms with Crippen molar-refractivity contribution in [3.8, 4) is 5.75 Å². The summed E-state index contributed by atoms with van der Waals surface area (Å²) in [6, 6.07) is 8.03. The molecule has 0 unspecified atom stereocenters. The van der Waals surface area contributed by atoms with E-state index in [1.54, 1.807) is 0 Å². The number of benzene rings is 2. The number of aromatic carboxylic acids is 1. The lowest BCUT2D eigenvalue weighted by Crippen LogP contribution is -2.28. The zero-order chi connectivity index (χ0) is 22.1. The number of nitrogens with one attached hydrogen (secondary N) is 2. The highest BCUT2D eigenvalue weighted by molar-refractivity contribution is 7.92. The molecule has 5 N–H and O–H groups in total. The first-order valence-electron chi connectivity index (χ1n) is 8.26. The Balaban J connectivity index is 0.00000341. The zero-order valence-corrected chi connectivity index (χ0v) is 18.3. The summed E-state index contributed by atoms with van der Waals surface area (Å²) in [6.45, 7) is 0. The maximum atomic E-state index is 12.9. The lowest BCUT2D eigenvalue weighted by atomic mass is 10.1. The average Bonchev–Trinajstić information content (AvgIpc) is 2.71. The minimum absolute atomic E-state index is 0. The number of nitrogens with zero attached hydrogens (tertiary/aromatic N) is 2. The van der Waals surface area contributed by atoms with Gasteiger partial charge in [0.1, 0.15) is 5.75 Å². The summed E-state index contributed by atoms with van der Waals surface area (Å²) in [6.07, 6.45) is 2.83. The van der Waals surface area contributed by atoms with Crippen LogP contribution < -0.4 is 19.6 Å². The van der Waals surface area contributed by atoms with E-state index in [2.05, 4.69) is 9.71 Å². The number of anilines is 2. The van der Waals surface area contributed by atoms with Gasteiger partial charge in [-0.3, -0.25) is 15.1 Å². The third kappa shape index (κ3) is 4.90. The van der Waals surface area contributed by atoms with Crippen LogP contribution in [0.1, 0.15) is 10.4 Å². The van der Waals surface area contributed by atoms with Crippen LogP contribution in [0.2, 0.25) is 0 Å². The number of carboxylic acids is 1. The van der Waals surface area contributed by atoms with Gasteiger partial charge in [0.15, 0.2) is 0 Å². The second kappa shape index (κ2) is 9.25. The number of carboxylic acid groups (broad SMARTS) is 1. The number of fused-ring (bicyclic) bond motifs is 1. The predicted molar refractivity (Wildman–Crippen MR) is 120 cm³/mol. The van der Waals surface area contributed by atoms with E-state index in [4.69, 9.17) is 32.8 Å². The minimum Gasteiger partial charge on any atom is -0.495 e. The van der Waals surface area contributed by atoms with Crippen molar-refractivity contribution >= 4 is 68.3 Å². The summed E-state index contributed by atoms with van der Waals surface area (Å²) in [7, 11) is -2.76. The van der Waals surface area contributed by atoms with Gasteiger partial charge in [0.2, 0.25) is 5.96 Å². The fourth-order valence-corrected chi connectivity index (χ4v) is 3.95. The molecule has 0 saturated carbocycles. The van der Waals surface area contributed by atoms with Crippen molar-refractivity contribution in [3.63, 3.8) is 0 Å². The van der Waals surface area contributed by atoms with Crippen molar-refractivity contribution in [1.82, 2.24) is 4.98 Å². The van der Waals surface area contributed by atoms with E-state index in [9.17, 15) is 13.2 Å². The summed E-state index contributed by atoms with van der Waals surface area (Å²) in [4.78, 5) is 15.1. The lowest BCUT2D eigenvalue weighted by molar-refractivity contribution is 0.0697. The first kappa shape index (κ1) is 24.0. The lowest BCUT2D eigenvalue weighted by Gasteiger charge is -2.16. The summed E-state index contributed by atoms with van der Waals surface area (Å²) >= 11 is 5.98. The van der Waals surface area contributed by atoms with Crippen LogP contribution in [0, 0.1) is 5.41 Å². The third-order valence-corrected chi connectivity index (χ3v) is 5.86. The molecule has 2 aromatic carbocycles. The Bertz CT molecular complexity index is 1270. The molecule has 0 spiro atoms. The van der Waals surface area contributed by atoms with E-state index >= 15 is 0 Å². The second-order valence-corrected chi connectivity index (χ2v) is 8.05. The van der Waals surface area contributed by atoms with E-state index in [0.29, 0.717) is 16.5 Å². The van der Waals surface area contributed by atoms with Crippen molar-refractivity contribution in [3.05, 3.63) is 54.4 Å². The molecule has 1 heterocycles. The number of methoxy groups -OCH3 is 1. The van der Waals surface area contributed by atoms with E-state index in [0.717, 1.165) is 10.5 Å². The van der Waals surface area contributed by atoms with Gasteiger partial charge in [-0.05, 0) is 30.3 Å². The second-order valence-electron chi connectivity index (χ2n) is 6.03. The molecule has 164 valence electrons. The first-order valence-corrected chi connectivity index (χ1v) is 10.1. The Kier molecular flexibility index (Phi) is 7.16. The number of sulfonamides is 1. The molecular weight excluding hydrogens is 469 g/mol. The standard InChI is InChI=1S/C18H16ClN5O5S.ClH/c1-29-16-5-2-10(17(25)26)7-14(16)23-30(27,28)12-3-4-13-11(6-12)8-22-9-15(13)24(19)18(20)21;/h2-9,23H,1H3,(H3,20,21)(H,25,26);1H. The number of hydrogen-bond acceptors (Lipinski definition) is 6. The molecule has 0 bridgehead atoms. The summed E-state index contributed by atoms with van der Waals surface area (Å²) in [5.74, 6) is -1.47. The number of guanidine groups is 1. The number of ether oxygens (including phenoxy) is 1. The summed E-state index contributed by atoms with van der Waals surface area (Å²) in [5.41, 5.74) is 5.58. The number of aromatic nitrogens is 1. The first-order chi connectivity index (χ1) is 14.1. The Morgan fingerprint density at radius 3 is 2.58 bits per heavy atom. The molecule has 0 aliphatic carbocycles. The van der Waals surface area contributed by atoms with Crippen LogP contribution in [0.4, 0.5) is 11.4 Å². The summed E-state index contributed by atoms with van der Waals surface area (Å²) in [5, 5.41) is 17.6. The van der Waals surface area contributed by atoms with Crippen molar-refractivity contribution < 1.29 is 23.1 Å². The van der Waals surface area contributed by atoms with Crippen molar-refractivity contribution in [2.45, 2.75) is 4.90 Å². The Morgan fingerprint density at radius 2 is 1.97 bits per heavy atom. The van der Waals surface area contributed by atoms with E-state index in [-0.39, 0.29) is 34.3 Å². The molecule has 0 radical (unpaired) electrons. The quantitative estimate of drug-likeness (QED) is 0.235. The average molecular weight is 486 g/mol. The van der Waals surface area contributed by atoms with E-state index < -0.39 is 22.0 Å². The minimum atomic E-state index is -4.09. The largest absolute Gasteiger partial charge is 0.495 e. The number of pyridine rings is 1. The predicted octanol–water partition coefficient (Wildman–Crippen LogP) is 3.02. The Morgan fingerprint density at radius 1 is 1.26 bits per heavy atom. The molecule has 0 aliphatic heterocycles. The smallest absolute Gasteiger partial charge is 0.335 e. The molecule has 13 heteroatoms. The Labute approximate surface area is 188 Å². The van der Waals surface area contributed by atoms with Gasteiger partial charge in [-0.25, -0.2) is 17.6 Å². The number of hydrogen-bond donors (Lipinski definition) is 4. The van der Waals surface area contributed by atoms with Crippen molar-refractivity contribution in [2.24, 2.45) is 5.73 Å². The normalized spacial score (nSPS) is 10.8. The molecular formula is C18H17Cl2N5O5S. The van der Waals surface area contributed by atoms with Crippen LogP contribution >= 0.6 is 24.2 Å². The molecule has 3 rings (SSSR count). The van der Waals surface area contributed by atoms with Crippen LogP contribution in [0.15, 0.2) is 53.7 Å². The molecule has 0 aliphatic rings. The van der Waals surface area contributed by atoms with E-state index in [1.807, 2.05) is 0 Å². The molecule has 31 heavy (non-hydrogen) atoms. The zero-order valence-electron chi connectivity index (χ0n) is 15.9. The van der Waals surface area contributed by atoms with Crippen LogP contribution in [0.25, 0.3) is 10.8 Å². The van der Waals surface area contributed by atoms with Crippen LogP contribution in [-0.2, 0) is 10.0 Å². The van der Waals surface area contributed by atoms with Crippen LogP contribution in [-0.4, -0.2) is 37.5 Å². The number of nitrogens with two attached hydrogens (primary N) is 1. The van der Waals surface area contributed by atoms with Gasteiger partial charge in [-0.1, -0.05) is 6.07 Å². The molecule has 3 aromatic rings.